The molecule has 4 nitrogen and oxygen atoms in total. The second-order valence-corrected chi connectivity index (χ2v) is 7.30. The molecule has 1 aromatic carbocycles. The van der Waals surface area contributed by atoms with Gasteiger partial charge < -0.3 is 11.1 Å². The van der Waals surface area contributed by atoms with Crippen molar-refractivity contribution in [1.29, 1.82) is 0 Å². The molecule has 1 heterocycles. The Hall–Kier alpha value is -0.960. The molecular weight excluding hydrogens is 387 g/mol. The summed E-state index contributed by atoms with van der Waals surface area (Å²) in [5.74, 6) is 0.717. The number of likely N-dealkylation sites (tertiary alicyclic amines) is 1. The third kappa shape index (κ3) is 6.98. The second kappa shape index (κ2) is 10.4. The van der Waals surface area contributed by atoms with Gasteiger partial charge in [-0.3, -0.25) is 9.69 Å². The molecule has 9 heteroatoms. The molecule has 0 aromatic heterocycles. The molecule has 148 valence electrons. The standard InChI is InChI=1S/C17H24F3N3OS.ClH/c1-25-9-7-15(21)16(24)22-14-6-8-23(11-14)10-12-2-4-13(5-3-12)17(18,19)20;/h2-5,14-15H,6-11,21H2,1H3,(H,22,24);1H/t14?,15-;/m0./s1. The van der Waals surface area contributed by atoms with Gasteiger partial charge in [-0.05, 0) is 42.5 Å². The quantitative estimate of drug-likeness (QED) is 0.724. The van der Waals surface area contributed by atoms with Crippen LogP contribution in [-0.4, -0.2) is 48.0 Å². The summed E-state index contributed by atoms with van der Waals surface area (Å²) >= 11 is 1.66. The van der Waals surface area contributed by atoms with Gasteiger partial charge >= 0.3 is 6.18 Å². The summed E-state index contributed by atoms with van der Waals surface area (Å²) in [6.07, 6.45) is -0.867. The van der Waals surface area contributed by atoms with Crippen molar-refractivity contribution in [1.82, 2.24) is 10.2 Å². The predicted octanol–water partition coefficient (Wildman–Crippen LogP) is 2.90. The van der Waals surface area contributed by atoms with Crippen LogP contribution in [0.2, 0.25) is 0 Å². The molecule has 1 amide bonds. The van der Waals surface area contributed by atoms with Gasteiger partial charge in [0.05, 0.1) is 11.6 Å². The Morgan fingerprint density at radius 2 is 2.04 bits per heavy atom. The number of nitrogens with zero attached hydrogens (tertiary/aromatic N) is 1. The second-order valence-electron chi connectivity index (χ2n) is 6.31. The first-order chi connectivity index (χ1) is 11.8. The predicted molar refractivity (Wildman–Crippen MR) is 101 cm³/mol. The average molecular weight is 412 g/mol. The molecule has 1 aromatic rings. The highest BCUT2D eigenvalue weighted by molar-refractivity contribution is 7.98. The van der Waals surface area contributed by atoms with Crippen LogP contribution in [0.15, 0.2) is 24.3 Å². The Balaban J connectivity index is 0.00000338. The van der Waals surface area contributed by atoms with E-state index in [0.29, 0.717) is 19.5 Å². The lowest BCUT2D eigenvalue weighted by Crippen LogP contribution is -2.46. The van der Waals surface area contributed by atoms with Crippen LogP contribution in [0.25, 0.3) is 0 Å². The van der Waals surface area contributed by atoms with Crippen molar-refractivity contribution in [3.63, 3.8) is 0 Å². The van der Waals surface area contributed by atoms with E-state index in [1.54, 1.807) is 11.8 Å². The van der Waals surface area contributed by atoms with Gasteiger partial charge in [-0.25, -0.2) is 0 Å². The van der Waals surface area contributed by atoms with Crippen molar-refractivity contribution in [2.24, 2.45) is 5.73 Å². The van der Waals surface area contributed by atoms with Gasteiger partial charge in [0.25, 0.3) is 0 Å². The number of hydrogen-bond donors (Lipinski definition) is 2. The van der Waals surface area contributed by atoms with Crippen molar-refractivity contribution < 1.29 is 18.0 Å². The summed E-state index contributed by atoms with van der Waals surface area (Å²) in [5.41, 5.74) is 6.05. The largest absolute Gasteiger partial charge is 0.416 e. The monoisotopic (exact) mass is 411 g/mol. The molecule has 2 rings (SSSR count). The molecule has 0 aliphatic carbocycles. The highest BCUT2D eigenvalue weighted by Crippen LogP contribution is 2.29. The van der Waals surface area contributed by atoms with Crippen LogP contribution in [0.3, 0.4) is 0 Å². The molecule has 0 radical (unpaired) electrons. The molecule has 0 spiro atoms. The van der Waals surface area contributed by atoms with Crippen molar-refractivity contribution in [3.05, 3.63) is 35.4 Å². The Morgan fingerprint density at radius 1 is 1.38 bits per heavy atom. The number of alkyl halides is 3. The van der Waals surface area contributed by atoms with Gasteiger partial charge in [0, 0.05) is 25.7 Å². The Kier molecular flexibility index (Phi) is 9.23. The topological polar surface area (TPSA) is 58.4 Å². The average Bonchev–Trinajstić information content (AvgIpc) is 2.99. The molecule has 1 fully saturated rings. The van der Waals surface area contributed by atoms with Crippen molar-refractivity contribution in [2.45, 2.75) is 37.6 Å². The third-order valence-corrected chi connectivity index (χ3v) is 4.92. The van der Waals surface area contributed by atoms with E-state index < -0.39 is 17.8 Å². The summed E-state index contributed by atoms with van der Waals surface area (Å²) < 4.78 is 37.7. The fourth-order valence-electron chi connectivity index (χ4n) is 2.84. The van der Waals surface area contributed by atoms with Gasteiger partial charge in [0.1, 0.15) is 0 Å². The van der Waals surface area contributed by atoms with E-state index in [1.807, 2.05) is 6.26 Å². The zero-order chi connectivity index (χ0) is 18.4. The van der Waals surface area contributed by atoms with Crippen LogP contribution in [0.1, 0.15) is 24.0 Å². The van der Waals surface area contributed by atoms with Gasteiger partial charge in [-0.1, -0.05) is 12.1 Å². The molecule has 1 saturated heterocycles. The lowest BCUT2D eigenvalue weighted by Gasteiger charge is -2.19. The smallest absolute Gasteiger partial charge is 0.351 e. The van der Waals surface area contributed by atoms with Gasteiger partial charge in [0.15, 0.2) is 0 Å². The highest BCUT2D eigenvalue weighted by Gasteiger charge is 2.30. The molecule has 0 bridgehead atoms. The molecule has 1 unspecified atom stereocenters. The van der Waals surface area contributed by atoms with Crippen LogP contribution in [-0.2, 0) is 17.5 Å². The van der Waals surface area contributed by atoms with E-state index in [1.165, 1.54) is 12.1 Å². The number of rotatable bonds is 7. The molecule has 3 N–H and O–H groups in total. The zero-order valence-electron chi connectivity index (χ0n) is 14.6. The fourth-order valence-corrected chi connectivity index (χ4v) is 3.33. The van der Waals surface area contributed by atoms with E-state index >= 15 is 0 Å². The van der Waals surface area contributed by atoms with Gasteiger partial charge in [0.2, 0.25) is 5.91 Å². The third-order valence-electron chi connectivity index (χ3n) is 4.28. The van der Waals surface area contributed by atoms with Crippen molar-refractivity contribution in [2.75, 3.05) is 25.1 Å². The first kappa shape index (κ1) is 23.1. The molecular formula is C17H25ClF3N3OS. The Morgan fingerprint density at radius 3 is 2.62 bits per heavy atom. The number of amides is 1. The molecule has 26 heavy (non-hydrogen) atoms. The lowest BCUT2D eigenvalue weighted by molar-refractivity contribution is -0.137. The number of carbonyl (C=O) groups excluding carboxylic acids is 1. The number of benzene rings is 1. The minimum atomic E-state index is -4.31. The summed E-state index contributed by atoms with van der Waals surface area (Å²) in [6, 6.07) is 4.78. The van der Waals surface area contributed by atoms with E-state index in [0.717, 1.165) is 36.4 Å². The maximum absolute atomic E-state index is 12.6. The highest BCUT2D eigenvalue weighted by atomic mass is 35.5. The maximum Gasteiger partial charge on any atom is 0.416 e. The van der Waals surface area contributed by atoms with Crippen LogP contribution in [0, 0.1) is 0 Å². The zero-order valence-corrected chi connectivity index (χ0v) is 16.2. The normalized spacial score (nSPS) is 19.0. The number of halogens is 4. The Labute approximate surface area is 162 Å². The van der Waals surface area contributed by atoms with E-state index in [9.17, 15) is 18.0 Å². The van der Waals surface area contributed by atoms with Gasteiger partial charge in [-0.2, -0.15) is 24.9 Å². The molecule has 0 saturated carbocycles. The minimum absolute atomic E-state index is 0. The first-order valence-electron chi connectivity index (χ1n) is 8.23. The summed E-state index contributed by atoms with van der Waals surface area (Å²) in [7, 11) is 0. The van der Waals surface area contributed by atoms with Gasteiger partial charge in [-0.15, -0.1) is 12.4 Å². The number of hydrogen-bond acceptors (Lipinski definition) is 4. The summed E-state index contributed by atoms with van der Waals surface area (Å²) in [6.45, 7) is 2.05. The number of nitrogens with one attached hydrogen (secondary N) is 1. The van der Waals surface area contributed by atoms with E-state index in [2.05, 4.69) is 10.2 Å². The van der Waals surface area contributed by atoms with E-state index in [4.69, 9.17) is 5.73 Å². The molecule has 2 atom stereocenters. The van der Waals surface area contributed by atoms with Crippen LogP contribution < -0.4 is 11.1 Å². The van der Waals surface area contributed by atoms with Crippen LogP contribution >= 0.6 is 24.2 Å². The fraction of sp³-hybridized carbons (Fsp3) is 0.588. The van der Waals surface area contributed by atoms with E-state index in [-0.39, 0.29) is 24.4 Å². The Bertz CT molecular complexity index is 571. The van der Waals surface area contributed by atoms with Crippen LogP contribution in [0.5, 0.6) is 0 Å². The summed E-state index contributed by atoms with van der Waals surface area (Å²) in [4.78, 5) is 14.2. The number of nitrogens with two attached hydrogens (primary N) is 1. The molecule has 1 aliphatic rings. The minimum Gasteiger partial charge on any atom is -0.351 e. The SMILES string of the molecule is CSCC[C@H](N)C(=O)NC1CCN(Cc2ccc(C(F)(F)F)cc2)C1.Cl. The van der Waals surface area contributed by atoms with Crippen molar-refractivity contribution in [3.8, 4) is 0 Å². The molecule has 1 aliphatic heterocycles. The number of thioether (sulfide) groups is 1. The summed E-state index contributed by atoms with van der Waals surface area (Å²) in [5, 5.41) is 2.97. The van der Waals surface area contributed by atoms with Crippen molar-refractivity contribution >= 4 is 30.1 Å². The number of carbonyl (C=O) groups is 1. The maximum atomic E-state index is 12.6. The first-order valence-corrected chi connectivity index (χ1v) is 9.62. The lowest BCUT2D eigenvalue weighted by atomic mass is 10.1. The van der Waals surface area contributed by atoms with Crippen LogP contribution in [0.4, 0.5) is 13.2 Å².